The number of hydrogen-bond donors (Lipinski definition) is 2. The van der Waals surface area contributed by atoms with Crippen molar-refractivity contribution in [2.45, 2.75) is 12.8 Å². The van der Waals surface area contributed by atoms with Crippen molar-refractivity contribution in [3.63, 3.8) is 0 Å². The summed E-state index contributed by atoms with van der Waals surface area (Å²) in [5.74, 6) is 0.634. The number of carbonyl (C=O) groups excluding carboxylic acids is 1. The third kappa shape index (κ3) is 2.65. The van der Waals surface area contributed by atoms with E-state index in [0.717, 1.165) is 42.8 Å². The molecule has 1 atom stereocenters. The molecule has 7 heteroatoms. The minimum Gasteiger partial charge on any atom is -0.368 e. The van der Waals surface area contributed by atoms with Gasteiger partial charge in [-0.2, -0.15) is 0 Å². The summed E-state index contributed by atoms with van der Waals surface area (Å²) in [4.78, 5) is 29.0. The monoisotopic (exact) mass is 376 g/mol. The number of nitrogens with zero attached hydrogens (tertiary/aromatic N) is 4. The van der Waals surface area contributed by atoms with Crippen molar-refractivity contribution in [3.05, 3.63) is 53.5 Å². The highest BCUT2D eigenvalue weighted by molar-refractivity contribution is 5.98. The van der Waals surface area contributed by atoms with Crippen molar-refractivity contribution in [2.24, 2.45) is 5.41 Å². The second-order valence-electron chi connectivity index (χ2n) is 8.39. The summed E-state index contributed by atoms with van der Waals surface area (Å²) in [5.41, 5.74) is 9.66. The number of amides is 1. The van der Waals surface area contributed by atoms with Crippen molar-refractivity contribution in [3.8, 4) is 0 Å². The SMILES string of the molecule is Cc1ccc2[nH]c(C(=O)N3CC4(CN(C)CC4c4ccnc(N)n4)C3)cc2c1. The molecule has 1 aromatic carbocycles. The minimum absolute atomic E-state index is 0.0355. The van der Waals surface area contributed by atoms with Gasteiger partial charge in [0, 0.05) is 54.6 Å². The molecule has 1 amide bonds. The number of aromatic amines is 1. The van der Waals surface area contributed by atoms with Crippen molar-refractivity contribution in [2.75, 3.05) is 39.0 Å². The fourth-order valence-corrected chi connectivity index (χ4v) is 4.92. The van der Waals surface area contributed by atoms with Crippen LogP contribution in [0.25, 0.3) is 10.9 Å². The fourth-order valence-electron chi connectivity index (χ4n) is 4.92. The van der Waals surface area contributed by atoms with E-state index >= 15 is 0 Å². The van der Waals surface area contributed by atoms with Crippen LogP contribution in [-0.2, 0) is 0 Å². The quantitative estimate of drug-likeness (QED) is 0.714. The maximum absolute atomic E-state index is 13.0. The number of hydrogen-bond acceptors (Lipinski definition) is 5. The third-order valence-corrected chi connectivity index (χ3v) is 6.18. The lowest BCUT2D eigenvalue weighted by molar-refractivity contribution is 0.00318. The Morgan fingerprint density at radius 2 is 2.07 bits per heavy atom. The Balaban J connectivity index is 1.37. The molecular formula is C21H24N6O. The average Bonchev–Trinajstić information content (AvgIpc) is 3.20. The van der Waals surface area contributed by atoms with Gasteiger partial charge in [-0.3, -0.25) is 4.79 Å². The van der Waals surface area contributed by atoms with Crippen LogP contribution in [0.2, 0.25) is 0 Å². The van der Waals surface area contributed by atoms with Gasteiger partial charge in [0.05, 0.1) is 5.69 Å². The maximum Gasteiger partial charge on any atom is 0.270 e. The van der Waals surface area contributed by atoms with Crippen LogP contribution in [0.5, 0.6) is 0 Å². The van der Waals surface area contributed by atoms with E-state index in [0.29, 0.717) is 11.6 Å². The van der Waals surface area contributed by atoms with Gasteiger partial charge < -0.3 is 20.5 Å². The molecule has 2 aliphatic rings. The Kier molecular flexibility index (Phi) is 3.71. The van der Waals surface area contributed by atoms with E-state index in [-0.39, 0.29) is 17.2 Å². The molecule has 3 N–H and O–H groups in total. The highest BCUT2D eigenvalue weighted by Crippen LogP contribution is 2.48. The van der Waals surface area contributed by atoms with Gasteiger partial charge in [0.25, 0.3) is 5.91 Å². The zero-order valence-electron chi connectivity index (χ0n) is 16.1. The fraction of sp³-hybridized carbons (Fsp3) is 0.381. The molecule has 3 aromatic rings. The Hall–Kier alpha value is -2.93. The lowest BCUT2D eigenvalue weighted by atomic mass is 9.70. The number of likely N-dealkylation sites (N-methyl/N-ethyl adjacent to an activating group) is 1. The number of aryl methyl sites for hydroxylation is 1. The van der Waals surface area contributed by atoms with Crippen molar-refractivity contribution >= 4 is 22.8 Å². The lowest BCUT2D eigenvalue weighted by Gasteiger charge is -2.50. The van der Waals surface area contributed by atoms with Crippen molar-refractivity contribution in [1.82, 2.24) is 24.8 Å². The van der Waals surface area contributed by atoms with Gasteiger partial charge in [0.15, 0.2) is 0 Å². The van der Waals surface area contributed by atoms with Gasteiger partial charge >= 0.3 is 0 Å². The van der Waals surface area contributed by atoms with Crippen LogP contribution in [0.4, 0.5) is 5.95 Å². The van der Waals surface area contributed by atoms with Gasteiger partial charge in [0.2, 0.25) is 5.95 Å². The van der Waals surface area contributed by atoms with Crippen LogP contribution in [0.3, 0.4) is 0 Å². The summed E-state index contributed by atoms with van der Waals surface area (Å²) in [5, 5.41) is 1.08. The largest absolute Gasteiger partial charge is 0.368 e. The van der Waals surface area contributed by atoms with E-state index in [2.05, 4.69) is 46.0 Å². The van der Waals surface area contributed by atoms with E-state index < -0.39 is 0 Å². The summed E-state index contributed by atoms with van der Waals surface area (Å²) < 4.78 is 0. The Bertz CT molecular complexity index is 1070. The van der Waals surface area contributed by atoms with Crippen LogP contribution in [0, 0.1) is 12.3 Å². The summed E-state index contributed by atoms with van der Waals surface area (Å²) in [7, 11) is 2.12. The number of nitrogen functional groups attached to an aromatic ring is 1. The van der Waals surface area contributed by atoms with Crippen molar-refractivity contribution < 1.29 is 4.79 Å². The summed E-state index contributed by atoms with van der Waals surface area (Å²) in [6, 6.07) is 10.1. The number of nitrogens with two attached hydrogens (primary N) is 1. The van der Waals surface area contributed by atoms with Gasteiger partial charge in [-0.15, -0.1) is 0 Å². The van der Waals surface area contributed by atoms with E-state index in [1.807, 2.05) is 23.1 Å². The van der Waals surface area contributed by atoms with E-state index in [1.165, 1.54) is 5.56 Å². The molecule has 2 aromatic heterocycles. The molecule has 5 rings (SSSR count). The standard InChI is InChI=1S/C21H24N6O/c1-13-3-4-16-14(7-13)8-18(24-16)19(28)27-11-21(12-27)10-26(2)9-15(21)17-5-6-23-20(22)25-17/h3-8,15,24H,9-12H2,1-2H3,(H2,22,23,25). The Morgan fingerprint density at radius 1 is 1.25 bits per heavy atom. The highest BCUT2D eigenvalue weighted by atomic mass is 16.2. The number of anilines is 1. The molecule has 2 aliphatic heterocycles. The molecule has 0 aliphatic carbocycles. The molecule has 2 saturated heterocycles. The molecule has 0 saturated carbocycles. The zero-order valence-corrected chi connectivity index (χ0v) is 16.1. The second-order valence-corrected chi connectivity index (χ2v) is 8.39. The minimum atomic E-state index is 0.0355. The predicted octanol–water partition coefficient (Wildman–Crippen LogP) is 2.02. The van der Waals surface area contributed by atoms with Crippen LogP contribution in [0.1, 0.15) is 27.7 Å². The topological polar surface area (TPSA) is 91.1 Å². The van der Waals surface area contributed by atoms with E-state index in [1.54, 1.807) is 6.20 Å². The first-order chi connectivity index (χ1) is 13.4. The molecule has 28 heavy (non-hydrogen) atoms. The number of H-pyrrole nitrogens is 1. The molecule has 144 valence electrons. The smallest absolute Gasteiger partial charge is 0.270 e. The van der Waals surface area contributed by atoms with Gasteiger partial charge in [-0.1, -0.05) is 11.6 Å². The van der Waals surface area contributed by atoms with Crippen LogP contribution < -0.4 is 5.73 Å². The number of aromatic nitrogens is 3. The zero-order chi connectivity index (χ0) is 19.5. The number of nitrogens with one attached hydrogen (secondary N) is 1. The first-order valence-corrected chi connectivity index (χ1v) is 9.59. The third-order valence-electron chi connectivity index (χ3n) is 6.18. The van der Waals surface area contributed by atoms with Gasteiger partial charge in [0.1, 0.15) is 5.69 Å². The van der Waals surface area contributed by atoms with Gasteiger partial charge in [-0.25, -0.2) is 9.97 Å². The maximum atomic E-state index is 13.0. The van der Waals surface area contributed by atoms with Crippen LogP contribution in [-0.4, -0.2) is 63.9 Å². The molecule has 2 fully saturated rings. The summed E-state index contributed by atoms with van der Waals surface area (Å²) in [6.45, 7) is 5.41. The molecular weight excluding hydrogens is 352 g/mol. The molecule has 1 unspecified atom stereocenters. The second kappa shape index (κ2) is 6.04. The number of rotatable bonds is 2. The van der Waals surface area contributed by atoms with E-state index in [9.17, 15) is 4.79 Å². The highest BCUT2D eigenvalue weighted by Gasteiger charge is 2.55. The number of benzene rings is 1. The summed E-state index contributed by atoms with van der Waals surface area (Å²) >= 11 is 0. The Morgan fingerprint density at radius 3 is 2.86 bits per heavy atom. The van der Waals surface area contributed by atoms with Crippen molar-refractivity contribution in [1.29, 1.82) is 0 Å². The number of likely N-dealkylation sites (tertiary alicyclic amines) is 2. The number of fused-ring (bicyclic) bond motifs is 1. The predicted molar refractivity (Wildman–Crippen MR) is 108 cm³/mol. The lowest BCUT2D eigenvalue weighted by Crippen LogP contribution is -2.61. The van der Waals surface area contributed by atoms with Crippen LogP contribution >= 0.6 is 0 Å². The first kappa shape index (κ1) is 17.2. The van der Waals surface area contributed by atoms with E-state index in [4.69, 9.17) is 5.73 Å². The normalized spacial score (nSPS) is 21.4. The molecule has 4 heterocycles. The first-order valence-electron chi connectivity index (χ1n) is 9.59. The molecule has 0 bridgehead atoms. The van der Waals surface area contributed by atoms with Gasteiger partial charge in [-0.05, 0) is 38.2 Å². The molecule has 1 spiro atoms. The molecule has 7 nitrogen and oxygen atoms in total. The Labute approximate surface area is 163 Å². The summed E-state index contributed by atoms with van der Waals surface area (Å²) in [6.07, 6.45) is 1.72. The number of carbonyl (C=O) groups is 1. The van der Waals surface area contributed by atoms with Crippen LogP contribution in [0.15, 0.2) is 36.5 Å². The average molecular weight is 376 g/mol. The molecule has 0 radical (unpaired) electrons.